The van der Waals surface area contributed by atoms with Crippen molar-refractivity contribution in [3.63, 3.8) is 0 Å². The first-order chi connectivity index (χ1) is 13.4. The second-order valence-corrected chi connectivity index (χ2v) is 9.06. The van der Waals surface area contributed by atoms with Gasteiger partial charge < -0.3 is 26.8 Å². The second kappa shape index (κ2) is 6.34. The van der Waals surface area contributed by atoms with Crippen LogP contribution in [0.5, 0.6) is 0 Å². The molecule has 1 aliphatic heterocycles. The first-order valence-electron chi connectivity index (χ1n) is 10.2. The molecule has 0 radical (unpaired) electrons. The van der Waals surface area contributed by atoms with Crippen molar-refractivity contribution in [2.75, 3.05) is 23.7 Å². The zero-order valence-corrected chi connectivity index (χ0v) is 15.8. The van der Waals surface area contributed by atoms with Gasteiger partial charge in [0.1, 0.15) is 5.82 Å². The van der Waals surface area contributed by atoms with E-state index in [9.17, 15) is 14.7 Å². The van der Waals surface area contributed by atoms with Gasteiger partial charge in [-0.05, 0) is 56.3 Å². The van der Waals surface area contributed by atoms with Gasteiger partial charge in [-0.3, -0.25) is 9.59 Å². The number of carbonyl (C=O) groups is 2. The molecular weight excluding hydrogens is 358 g/mol. The van der Waals surface area contributed by atoms with Crippen molar-refractivity contribution in [3.8, 4) is 0 Å². The van der Waals surface area contributed by atoms with Crippen molar-refractivity contribution in [3.05, 3.63) is 17.3 Å². The van der Waals surface area contributed by atoms with Crippen molar-refractivity contribution >= 4 is 23.3 Å². The summed E-state index contributed by atoms with van der Waals surface area (Å²) in [4.78, 5) is 28.2. The van der Waals surface area contributed by atoms with Crippen LogP contribution in [0.4, 0.5) is 11.5 Å². The highest BCUT2D eigenvalue weighted by Crippen LogP contribution is 2.56. The third-order valence-corrected chi connectivity index (χ3v) is 7.07. The molecular formula is C20H27N5O3. The first-order valence-corrected chi connectivity index (χ1v) is 10.2. The van der Waals surface area contributed by atoms with Crippen molar-refractivity contribution < 1.29 is 14.7 Å². The molecule has 2 unspecified atom stereocenters. The van der Waals surface area contributed by atoms with E-state index in [0.717, 1.165) is 62.1 Å². The SMILES string of the molecule is NC(=O)CNC(=O)c1cnc2c(c1N[C@H]1C3CC4CC1C[C@@](O)(C4)C3)CCN2. The zero-order valence-electron chi connectivity index (χ0n) is 15.8. The van der Waals surface area contributed by atoms with E-state index < -0.39 is 11.5 Å². The minimum Gasteiger partial charge on any atom is -0.390 e. The Labute approximate surface area is 163 Å². The number of anilines is 2. The topological polar surface area (TPSA) is 129 Å². The zero-order chi connectivity index (χ0) is 19.5. The molecule has 2 heterocycles. The Morgan fingerprint density at radius 1 is 1.29 bits per heavy atom. The van der Waals surface area contributed by atoms with Gasteiger partial charge >= 0.3 is 0 Å². The van der Waals surface area contributed by atoms with Crippen LogP contribution in [0.3, 0.4) is 0 Å². The van der Waals surface area contributed by atoms with Gasteiger partial charge in [0.25, 0.3) is 5.91 Å². The molecule has 6 rings (SSSR count). The second-order valence-electron chi connectivity index (χ2n) is 9.06. The molecule has 2 atom stereocenters. The summed E-state index contributed by atoms with van der Waals surface area (Å²) >= 11 is 0. The lowest BCUT2D eigenvalue weighted by atomic mass is 9.52. The predicted molar refractivity (Wildman–Crippen MR) is 104 cm³/mol. The van der Waals surface area contributed by atoms with Crippen LogP contribution in [0.15, 0.2) is 6.20 Å². The van der Waals surface area contributed by atoms with E-state index in [0.29, 0.717) is 23.3 Å². The average Bonchev–Trinajstić information content (AvgIpc) is 3.10. The van der Waals surface area contributed by atoms with Crippen LogP contribution in [0.2, 0.25) is 0 Å². The maximum atomic E-state index is 12.7. The van der Waals surface area contributed by atoms with E-state index in [1.165, 1.54) is 0 Å². The van der Waals surface area contributed by atoms with Crippen LogP contribution >= 0.6 is 0 Å². The number of nitrogens with zero attached hydrogens (tertiary/aromatic N) is 1. The van der Waals surface area contributed by atoms with Gasteiger partial charge in [0.15, 0.2) is 0 Å². The van der Waals surface area contributed by atoms with Gasteiger partial charge in [-0.25, -0.2) is 4.98 Å². The Hall–Kier alpha value is -2.35. The molecule has 4 saturated carbocycles. The number of hydrogen-bond donors (Lipinski definition) is 5. The van der Waals surface area contributed by atoms with E-state index in [4.69, 9.17) is 5.73 Å². The monoisotopic (exact) mass is 385 g/mol. The molecule has 4 aliphatic carbocycles. The summed E-state index contributed by atoms with van der Waals surface area (Å²) in [7, 11) is 0. The van der Waals surface area contributed by atoms with Crippen LogP contribution in [0.25, 0.3) is 0 Å². The minimum atomic E-state index is -0.576. The highest BCUT2D eigenvalue weighted by atomic mass is 16.3. The van der Waals surface area contributed by atoms with Crippen LogP contribution in [0, 0.1) is 17.8 Å². The number of aliphatic hydroxyl groups is 1. The van der Waals surface area contributed by atoms with Crippen LogP contribution in [0.1, 0.15) is 48.0 Å². The third-order valence-electron chi connectivity index (χ3n) is 7.07. The number of carbonyl (C=O) groups excluding carboxylic acids is 2. The lowest BCUT2D eigenvalue weighted by molar-refractivity contribution is -0.129. The summed E-state index contributed by atoms with van der Waals surface area (Å²) in [5, 5.41) is 20.4. The van der Waals surface area contributed by atoms with Crippen LogP contribution in [-0.4, -0.2) is 46.6 Å². The number of hydrogen-bond acceptors (Lipinski definition) is 6. The van der Waals surface area contributed by atoms with Crippen molar-refractivity contribution in [1.82, 2.24) is 10.3 Å². The summed E-state index contributed by atoms with van der Waals surface area (Å²) in [5.41, 5.74) is 6.98. The predicted octanol–water partition coefficient (Wildman–Crippen LogP) is 0.616. The summed E-state index contributed by atoms with van der Waals surface area (Å²) < 4.78 is 0. The molecule has 2 amide bonds. The smallest absolute Gasteiger partial charge is 0.255 e. The van der Waals surface area contributed by atoms with Crippen LogP contribution in [-0.2, 0) is 11.2 Å². The minimum absolute atomic E-state index is 0.197. The number of rotatable bonds is 5. The Bertz CT molecular complexity index is 825. The number of aromatic nitrogens is 1. The van der Waals surface area contributed by atoms with E-state index in [-0.39, 0.29) is 18.5 Å². The number of pyridine rings is 1. The lowest BCUT2D eigenvalue weighted by Gasteiger charge is -2.58. The molecule has 4 fully saturated rings. The summed E-state index contributed by atoms with van der Waals surface area (Å²) in [6.07, 6.45) is 7.28. The Kier molecular flexibility index (Phi) is 4.01. The lowest BCUT2D eigenvalue weighted by Crippen LogP contribution is -2.59. The molecule has 5 aliphatic rings. The third kappa shape index (κ3) is 2.90. The highest BCUT2D eigenvalue weighted by molar-refractivity contribution is 6.02. The number of amides is 2. The number of primary amides is 1. The fourth-order valence-corrected chi connectivity index (χ4v) is 6.24. The molecule has 8 nitrogen and oxygen atoms in total. The van der Waals surface area contributed by atoms with Gasteiger partial charge in [-0.1, -0.05) is 0 Å². The fourth-order valence-electron chi connectivity index (χ4n) is 6.24. The van der Waals surface area contributed by atoms with E-state index >= 15 is 0 Å². The Morgan fingerprint density at radius 3 is 2.71 bits per heavy atom. The summed E-state index contributed by atoms with van der Waals surface area (Å²) in [5.74, 6) is 1.38. The molecule has 8 heteroatoms. The van der Waals surface area contributed by atoms with Crippen molar-refractivity contribution in [2.24, 2.45) is 23.5 Å². The Balaban J connectivity index is 1.45. The average molecular weight is 385 g/mol. The number of nitrogens with one attached hydrogen (secondary N) is 3. The quantitative estimate of drug-likeness (QED) is 0.505. The largest absolute Gasteiger partial charge is 0.390 e. The maximum Gasteiger partial charge on any atom is 0.255 e. The normalized spacial score (nSPS) is 34.6. The molecule has 4 bridgehead atoms. The van der Waals surface area contributed by atoms with Gasteiger partial charge in [0.2, 0.25) is 5.91 Å². The van der Waals surface area contributed by atoms with Crippen LogP contribution < -0.4 is 21.7 Å². The van der Waals surface area contributed by atoms with E-state index in [2.05, 4.69) is 20.9 Å². The van der Waals surface area contributed by atoms with Gasteiger partial charge in [0.05, 0.1) is 23.4 Å². The maximum absolute atomic E-state index is 12.7. The number of nitrogens with two attached hydrogens (primary N) is 1. The van der Waals surface area contributed by atoms with Gasteiger partial charge in [-0.2, -0.15) is 0 Å². The van der Waals surface area contributed by atoms with Crippen molar-refractivity contribution in [2.45, 2.75) is 50.2 Å². The molecule has 0 aromatic carbocycles. The first kappa shape index (κ1) is 17.7. The van der Waals surface area contributed by atoms with Gasteiger partial charge in [0, 0.05) is 24.3 Å². The summed E-state index contributed by atoms with van der Waals surface area (Å²) in [6, 6.07) is 0.256. The fraction of sp³-hybridized carbons (Fsp3) is 0.650. The van der Waals surface area contributed by atoms with Gasteiger partial charge in [-0.15, -0.1) is 0 Å². The molecule has 0 saturated heterocycles. The molecule has 6 N–H and O–H groups in total. The molecule has 1 aromatic rings. The molecule has 28 heavy (non-hydrogen) atoms. The van der Waals surface area contributed by atoms with Crippen molar-refractivity contribution in [1.29, 1.82) is 0 Å². The van der Waals surface area contributed by atoms with E-state index in [1.807, 2.05) is 0 Å². The Morgan fingerprint density at radius 2 is 2.04 bits per heavy atom. The standard InChI is InChI=1S/C20H27N5O3/c21-15(26)9-24-19(27)14-8-23-18-13(1-2-22-18)17(14)25-16-11-3-10-4-12(16)7-20(28,5-10)6-11/h8,10-12,16,28H,1-7,9H2,(H2,21,26)(H,24,27)(H2,22,23,25)/t10?,11?,12?,16-,20+. The molecule has 1 aromatic heterocycles. The number of fused-ring (bicyclic) bond motifs is 1. The van der Waals surface area contributed by atoms with E-state index in [1.54, 1.807) is 6.20 Å². The molecule has 150 valence electrons. The highest BCUT2D eigenvalue weighted by Gasteiger charge is 2.54. The summed E-state index contributed by atoms with van der Waals surface area (Å²) in [6.45, 7) is 0.597. The molecule has 0 spiro atoms.